The van der Waals surface area contributed by atoms with Gasteiger partial charge >= 0.3 is 6.03 Å². The largest absolute Gasteiger partial charge is 0.497 e. The maximum Gasteiger partial charge on any atom is 0.322 e. The van der Waals surface area contributed by atoms with E-state index in [2.05, 4.69) is 22.1 Å². The Balaban J connectivity index is 1.60. The van der Waals surface area contributed by atoms with Crippen molar-refractivity contribution in [3.63, 3.8) is 0 Å². The maximum atomic E-state index is 13.3. The zero-order chi connectivity index (χ0) is 23.4. The van der Waals surface area contributed by atoms with Gasteiger partial charge < -0.3 is 19.9 Å². The fraction of sp³-hybridized carbons (Fsp3) is 0.385. The Morgan fingerprint density at radius 3 is 2.73 bits per heavy atom. The second kappa shape index (κ2) is 10.1. The van der Waals surface area contributed by atoms with E-state index < -0.39 is 0 Å². The van der Waals surface area contributed by atoms with Crippen LogP contribution in [0.5, 0.6) is 5.75 Å². The van der Waals surface area contributed by atoms with Gasteiger partial charge in [-0.2, -0.15) is 0 Å². The molecule has 0 unspecified atom stereocenters. The lowest BCUT2D eigenvalue weighted by atomic mass is 10.1. The zero-order valence-corrected chi connectivity index (χ0v) is 19.6. The standard InChI is InChI=1S/C26H32N4O3/c1-4-29-13-5-6-22(29)17-30(26(32)27-21-8-10-23(33-3)11-9-21)16-20-15-19-14-18(2)7-12-24(19)28-25(20)31/h7-12,14-15,22H,4-6,13,16-17H2,1-3H3,(H,27,32)(H,28,31)/t22-/m0/s1. The molecular formula is C26H32N4O3. The lowest BCUT2D eigenvalue weighted by Crippen LogP contribution is -2.45. The lowest BCUT2D eigenvalue weighted by Gasteiger charge is -2.30. The molecule has 2 heterocycles. The number of aromatic nitrogens is 1. The van der Waals surface area contributed by atoms with Gasteiger partial charge in [0.2, 0.25) is 0 Å². The first-order chi connectivity index (χ1) is 16.0. The van der Waals surface area contributed by atoms with Gasteiger partial charge in [-0.05, 0) is 80.7 Å². The first-order valence-corrected chi connectivity index (χ1v) is 11.5. The number of amides is 2. The summed E-state index contributed by atoms with van der Waals surface area (Å²) in [4.78, 5) is 33.3. The third-order valence-corrected chi connectivity index (χ3v) is 6.40. The Labute approximate surface area is 194 Å². The monoisotopic (exact) mass is 448 g/mol. The number of nitrogens with zero attached hydrogens (tertiary/aromatic N) is 2. The highest BCUT2D eigenvalue weighted by atomic mass is 16.5. The molecule has 2 N–H and O–H groups in total. The van der Waals surface area contributed by atoms with Crippen LogP contribution in [0.2, 0.25) is 0 Å². The minimum Gasteiger partial charge on any atom is -0.497 e. The SMILES string of the molecule is CCN1CCC[C@H]1CN(Cc1cc2cc(C)ccc2[nH]c1=O)C(=O)Nc1ccc(OC)cc1. The molecule has 1 aliphatic heterocycles. The van der Waals surface area contributed by atoms with Gasteiger partial charge in [-0.1, -0.05) is 18.6 Å². The third-order valence-electron chi connectivity index (χ3n) is 6.40. The number of ether oxygens (including phenoxy) is 1. The highest BCUT2D eigenvalue weighted by Crippen LogP contribution is 2.21. The summed E-state index contributed by atoms with van der Waals surface area (Å²) in [5.41, 5.74) is 3.04. The Bertz CT molecular complexity index is 1170. The van der Waals surface area contributed by atoms with Gasteiger partial charge in [0.15, 0.2) is 0 Å². The topological polar surface area (TPSA) is 77.7 Å². The van der Waals surface area contributed by atoms with E-state index in [4.69, 9.17) is 4.74 Å². The van der Waals surface area contributed by atoms with Crippen molar-refractivity contribution in [2.45, 2.75) is 39.3 Å². The maximum absolute atomic E-state index is 13.3. The van der Waals surface area contributed by atoms with Gasteiger partial charge in [-0.3, -0.25) is 9.69 Å². The number of H-pyrrole nitrogens is 1. The van der Waals surface area contributed by atoms with Crippen molar-refractivity contribution < 1.29 is 9.53 Å². The van der Waals surface area contributed by atoms with Crippen molar-refractivity contribution in [3.05, 3.63) is 70.0 Å². The number of hydrogen-bond donors (Lipinski definition) is 2. The van der Waals surface area contributed by atoms with Gasteiger partial charge in [0.1, 0.15) is 5.75 Å². The molecule has 0 saturated carbocycles. The quantitative estimate of drug-likeness (QED) is 0.563. The summed E-state index contributed by atoms with van der Waals surface area (Å²) < 4.78 is 5.20. The zero-order valence-electron chi connectivity index (χ0n) is 19.6. The summed E-state index contributed by atoms with van der Waals surface area (Å²) in [6.45, 7) is 6.99. The molecule has 3 aromatic rings. The van der Waals surface area contributed by atoms with E-state index in [-0.39, 0.29) is 18.1 Å². The van der Waals surface area contributed by atoms with Crippen LogP contribution in [-0.2, 0) is 6.54 Å². The van der Waals surface area contributed by atoms with Crippen LogP contribution in [0.3, 0.4) is 0 Å². The molecule has 7 nitrogen and oxygen atoms in total. The number of pyridine rings is 1. The number of hydrogen-bond acceptors (Lipinski definition) is 4. The molecule has 174 valence electrons. The summed E-state index contributed by atoms with van der Waals surface area (Å²) in [5, 5.41) is 3.96. The van der Waals surface area contributed by atoms with Crippen LogP contribution in [-0.4, -0.2) is 53.6 Å². The van der Waals surface area contributed by atoms with E-state index in [1.54, 1.807) is 12.0 Å². The van der Waals surface area contributed by atoms with Crippen molar-refractivity contribution >= 4 is 22.6 Å². The predicted octanol–water partition coefficient (Wildman–Crippen LogP) is 4.36. The van der Waals surface area contributed by atoms with Gasteiger partial charge in [0, 0.05) is 29.4 Å². The van der Waals surface area contributed by atoms with Crippen molar-refractivity contribution in [1.29, 1.82) is 0 Å². The van der Waals surface area contributed by atoms with Crippen LogP contribution < -0.4 is 15.6 Å². The van der Waals surface area contributed by atoms with Crippen LogP contribution in [0.15, 0.2) is 53.3 Å². The highest BCUT2D eigenvalue weighted by Gasteiger charge is 2.28. The Morgan fingerprint density at radius 2 is 2.00 bits per heavy atom. The molecule has 1 aliphatic rings. The molecule has 2 amide bonds. The van der Waals surface area contributed by atoms with E-state index in [0.29, 0.717) is 23.8 Å². The number of anilines is 1. The number of urea groups is 1. The molecule has 33 heavy (non-hydrogen) atoms. The normalized spacial score (nSPS) is 16.2. The minimum atomic E-state index is -0.216. The molecule has 0 bridgehead atoms. The van der Waals surface area contributed by atoms with Crippen molar-refractivity contribution in [2.75, 3.05) is 32.1 Å². The van der Waals surface area contributed by atoms with Crippen LogP contribution in [0.4, 0.5) is 10.5 Å². The number of rotatable bonds is 7. The van der Waals surface area contributed by atoms with Crippen LogP contribution in [0.1, 0.15) is 30.9 Å². The molecule has 0 spiro atoms. The molecule has 1 aromatic heterocycles. The number of carbonyl (C=O) groups is 1. The Hall–Kier alpha value is -3.32. The molecule has 0 aliphatic carbocycles. The molecule has 4 rings (SSSR count). The second-order valence-electron chi connectivity index (χ2n) is 8.68. The van der Waals surface area contributed by atoms with E-state index in [0.717, 1.165) is 48.1 Å². The first-order valence-electron chi connectivity index (χ1n) is 11.5. The van der Waals surface area contributed by atoms with Gasteiger partial charge in [-0.15, -0.1) is 0 Å². The van der Waals surface area contributed by atoms with E-state index in [1.165, 1.54) is 0 Å². The van der Waals surface area contributed by atoms with Crippen LogP contribution >= 0.6 is 0 Å². The fourth-order valence-corrected chi connectivity index (χ4v) is 4.56. The summed E-state index contributed by atoms with van der Waals surface area (Å²) in [6, 6.07) is 15.2. The second-order valence-corrected chi connectivity index (χ2v) is 8.68. The molecular weight excluding hydrogens is 416 g/mol. The Morgan fingerprint density at radius 1 is 1.21 bits per heavy atom. The lowest BCUT2D eigenvalue weighted by molar-refractivity contribution is 0.174. The number of methoxy groups -OCH3 is 1. The van der Waals surface area contributed by atoms with Gasteiger partial charge in [0.05, 0.1) is 13.7 Å². The number of carbonyl (C=O) groups excluding carboxylic acids is 1. The number of fused-ring (bicyclic) bond motifs is 1. The molecule has 1 atom stereocenters. The van der Waals surface area contributed by atoms with E-state index in [9.17, 15) is 9.59 Å². The third kappa shape index (κ3) is 5.37. The highest BCUT2D eigenvalue weighted by molar-refractivity contribution is 5.89. The van der Waals surface area contributed by atoms with E-state index >= 15 is 0 Å². The van der Waals surface area contributed by atoms with Gasteiger partial charge in [0.25, 0.3) is 5.56 Å². The number of likely N-dealkylation sites (N-methyl/N-ethyl adjacent to an activating group) is 1. The van der Waals surface area contributed by atoms with Crippen molar-refractivity contribution in [2.24, 2.45) is 0 Å². The number of aryl methyl sites for hydroxylation is 1. The summed E-state index contributed by atoms with van der Waals surface area (Å²) in [5.74, 6) is 0.729. The van der Waals surface area contributed by atoms with Gasteiger partial charge in [-0.25, -0.2) is 4.79 Å². The minimum absolute atomic E-state index is 0.160. The molecule has 1 fully saturated rings. The van der Waals surface area contributed by atoms with Crippen LogP contribution in [0, 0.1) is 6.92 Å². The average Bonchev–Trinajstić information content (AvgIpc) is 3.27. The number of likely N-dealkylation sites (tertiary alicyclic amines) is 1. The summed E-state index contributed by atoms with van der Waals surface area (Å²) in [7, 11) is 1.61. The number of nitrogens with one attached hydrogen (secondary N) is 2. The van der Waals surface area contributed by atoms with Crippen LogP contribution in [0.25, 0.3) is 10.9 Å². The fourth-order valence-electron chi connectivity index (χ4n) is 4.56. The molecule has 0 radical (unpaired) electrons. The van der Waals surface area contributed by atoms with Crippen molar-refractivity contribution in [1.82, 2.24) is 14.8 Å². The first kappa shape index (κ1) is 22.9. The molecule has 1 saturated heterocycles. The van der Waals surface area contributed by atoms with Crippen molar-refractivity contribution in [3.8, 4) is 5.75 Å². The number of benzene rings is 2. The molecule has 7 heteroatoms. The average molecular weight is 449 g/mol. The Kier molecular flexibility index (Phi) is 6.99. The smallest absolute Gasteiger partial charge is 0.322 e. The molecule has 2 aromatic carbocycles. The summed E-state index contributed by atoms with van der Waals surface area (Å²) in [6.07, 6.45) is 2.18. The number of aromatic amines is 1. The summed E-state index contributed by atoms with van der Waals surface area (Å²) >= 11 is 0. The van der Waals surface area contributed by atoms with E-state index in [1.807, 2.05) is 55.5 Å². The predicted molar refractivity (Wildman–Crippen MR) is 132 cm³/mol.